The molecule has 0 saturated heterocycles. The minimum Gasteiger partial charge on any atom is -0.359 e. The van der Waals surface area contributed by atoms with Crippen LogP contribution < -0.4 is 5.32 Å². The molecule has 0 saturated carbocycles. The van der Waals surface area contributed by atoms with Gasteiger partial charge in [0.05, 0.1) is 6.42 Å². The minimum atomic E-state index is -0.0886. The molecule has 1 aromatic carbocycles. The van der Waals surface area contributed by atoms with E-state index in [-0.39, 0.29) is 12.3 Å². The first-order chi connectivity index (χ1) is 6.27. The highest BCUT2D eigenvalue weighted by molar-refractivity contribution is 5.83. The molecule has 0 fully saturated rings. The van der Waals surface area contributed by atoms with Gasteiger partial charge in [-0.2, -0.15) is 0 Å². The molecule has 68 valence electrons. The number of benzene rings is 1. The van der Waals surface area contributed by atoms with E-state index in [0.29, 0.717) is 5.56 Å². The lowest BCUT2D eigenvalue weighted by molar-refractivity contribution is -0.119. The molecule has 0 aliphatic carbocycles. The van der Waals surface area contributed by atoms with Gasteiger partial charge in [0.1, 0.15) is 6.29 Å². The fraction of sp³-hybridized carbons (Fsp3) is 0.200. The summed E-state index contributed by atoms with van der Waals surface area (Å²) in [7, 11) is 1.58. The van der Waals surface area contributed by atoms with Gasteiger partial charge in [0.2, 0.25) is 5.91 Å². The quantitative estimate of drug-likeness (QED) is 0.694. The summed E-state index contributed by atoms with van der Waals surface area (Å²) in [5.74, 6) is -0.0886. The van der Waals surface area contributed by atoms with Crippen LogP contribution in [0.4, 0.5) is 0 Å². The van der Waals surface area contributed by atoms with Crippen LogP contribution in [-0.2, 0) is 11.2 Å². The highest BCUT2D eigenvalue weighted by Gasteiger charge is 2.04. The van der Waals surface area contributed by atoms with Crippen LogP contribution in [0.1, 0.15) is 15.9 Å². The van der Waals surface area contributed by atoms with Crippen LogP contribution in [0.2, 0.25) is 0 Å². The van der Waals surface area contributed by atoms with E-state index in [1.807, 2.05) is 6.07 Å². The van der Waals surface area contributed by atoms with E-state index in [0.717, 1.165) is 11.8 Å². The smallest absolute Gasteiger partial charge is 0.224 e. The van der Waals surface area contributed by atoms with Crippen molar-refractivity contribution in [2.24, 2.45) is 0 Å². The molecule has 0 aliphatic heterocycles. The van der Waals surface area contributed by atoms with E-state index in [1.165, 1.54) is 0 Å². The average Bonchev–Trinajstić information content (AvgIpc) is 2.18. The van der Waals surface area contributed by atoms with Crippen LogP contribution >= 0.6 is 0 Å². The summed E-state index contributed by atoms with van der Waals surface area (Å²) in [6.07, 6.45) is 1.02. The molecule has 1 N–H and O–H groups in total. The topological polar surface area (TPSA) is 46.2 Å². The van der Waals surface area contributed by atoms with Crippen molar-refractivity contribution in [1.82, 2.24) is 5.32 Å². The Morgan fingerprint density at radius 1 is 1.46 bits per heavy atom. The molecule has 3 nitrogen and oxygen atoms in total. The van der Waals surface area contributed by atoms with Gasteiger partial charge in [-0.3, -0.25) is 9.59 Å². The van der Waals surface area contributed by atoms with Crippen LogP contribution in [0.3, 0.4) is 0 Å². The number of nitrogens with one attached hydrogen (secondary N) is 1. The number of hydrogen-bond donors (Lipinski definition) is 1. The molecule has 0 aromatic heterocycles. The van der Waals surface area contributed by atoms with Crippen molar-refractivity contribution in [2.45, 2.75) is 6.42 Å². The molecule has 0 aliphatic rings. The predicted octanol–water partition coefficient (Wildman–Crippen LogP) is 0.788. The van der Waals surface area contributed by atoms with Gasteiger partial charge in [0.25, 0.3) is 0 Å². The molecule has 3 heteroatoms. The fourth-order valence-corrected chi connectivity index (χ4v) is 1.07. The van der Waals surface area contributed by atoms with Crippen molar-refractivity contribution < 1.29 is 9.59 Å². The summed E-state index contributed by atoms with van der Waals surface area (Å²) < 4.78 is 0. The second kappa shape index (κ2) is 4.40. The lowest BCUT2D eigenvalue weighted by atomic mass is 10.1. The standard InChI is InChI=1S/C10H11NO2/c1-11-10(13)6-8-4-2-3-5-9(8)7-12/h2-5,7H,6H2,1H3,(H,11,13). The summed E-state index contributed by atoms with van der Waals surface area (Å²) in [6, 6.07) is 7.06. The second-order valence-electron chi connectivity index (χ2n) is 2.67. The van der Waals surface area contributed by atoms with Gasteiger partial charge in [-0.05, 0) is 5.56 Å². The van der Waals surface area contributed by atoms with Crippen molar-refractivity contribution >= 4 is 12.2 Å². The Labute approximate surface area is 76.8 Å². The zero-order chi connectivity index (χ0) is 9.68. The Morgan fingerprint density at radius 2 is 2.15 bits per heavy atom. The average molecular weight is 177 g/mol. The zero-order valence-electron chi connectivity index (χ0n) is 7.41. The summed E-state index contributed by atoms with van der Waals surface area (Å²) in [5, 5.41) is 2.51. The van der Waals surface area contributed by atoms with E-state index >= 15 is 0 Å². The van der Waals surface area contributed by atoms with Crippen molar-refractivity contribution in [3.05, 3.63) is 35.4 Å². The van der Waals surface area contributed by atoms with Gasteiger partial charge in [-0.15, -0.1) is 0 Å². The van der Waals surface area contributed by atoms with Crippen LogP contribution in [-0.4, -0.2) is 19.2 Å². The third-order valence-electron chi connectivity index (χ3n) is 1.81. The zero-order valence-corrected chi connectivity index (χ0v) is 7.41. The van der Waals surface area contributed by atoms with Gasteiger partial charge in [0, 0.05) is 12.6 Å². The second-order valence-corrected chi connectivity index (χ2v) is 2.67. The number of carbonyl (C=O) groups is 2. The lowest BCUT2D eigenvalue weighted by Gasteiger charge is -2.02. The van der Waals surface area contributed by atoms with E-state index in [2.05, 4.69) is 5.32 Å². The Morgan fingerprint density at radius 3 is 2.77 bits per heavy atom. The van der Waals surface area contributed by atoms with Gasteiger partial charge in [-0.1, -0.05) is 24.3 Å². The Kier molecular flexibility index (Phi) is 3.20. The molecule has 0 spiro atoms. The summed E-state index contributed by atoms with van der Waals surface area (Å²) in [6.45, 7) is 0. The monoisotopic (exact) mass is 177 g/mol. The maximum atomic E-state index is 11.0. The van der Waals surface area contributed by atoms with Crippen LogP contribution in [0, 0.1) is 0 Å². The first kappa shape index (κ1) is 9.45. The Hall–Kier alpha value is -1.64. The molecular formula is C10H11NO2. The normalized spacial score (nSPS) is 9.31. The maximum absolute atomic E-state index is 11.0. The largest absolute Gasteiger partial charge is 0.359 e. The molecular weight excluding hydrogens is 166 g/mol. The molecule has 0 atom stereocenters. The van der Waals surface area contributed by atoms with Gasteiger partial charge < -0.3 is 5.32 Å². The van der Waals surface area contributed by atoms with Crippen molar-refractivity contribution in [3.63, 3.8) is 0 Å². The predicted molar refractivity (Wildman–Crippen MR) is 49.6 cm³/mol. The first-order valence-corrected chi connectivity index (χ1v) is 4.01. The van der Waals surface area contributed by atoms with Crippen molar-refractivity contribution in [3.8, 4) is 0 Å². The molecule has 1 aromatic rings. The maximum Gasteiger partial charge on any atom is 0.224 e. The summed E-state index contributed by atoms with van der Waals surface area (Å²) in [5.41, 5.74) is 1.34. The van der Waals surface area contributed by atoms with Crippen molar-refractivity contribution in [2.75, 3.05) is 7.05 Å². The first-order valence-electron chi connectivity index (χ1n) is 4.01. The Bertz CT molecular complexity index is 320. The highest BCUT2D eigenvalue weighted by atomic mass is 16.1. The molecule has 0 heterocycles. The van der Waals surface area contributed by atoms with Crippen LogP contribution in [0.25, 0.3) is 0 Å². The number of hydrogen-bond acceptors (Lipinski definition) is 2. The molecule has 0 unspecified atom stereocenters. The third-order valence-corrected chi connectivity index (χ3v) is 1.81. The van der Waals surface area contributed by atoms with Gasteiger partial charge in [0.15, 0.2) is 0 Å². The van der Waals surface area contributed by atoms with Crippen LogP contribution in [0.5, 0.6) is 0 Å². The third kappa shape index (κ3) is 2.40. The minimum absolute atomic E-state index is 0.0886. The van der Waals surface area contributed by atoms with Gasteiger partial charge >= 0.3 is 0 Å². The molecule has 0 radical (unpaired) electrons. The van der Waals surface area contributed by atoms with E-state index < -0.39 is 0 Å². The number of amides is 1. The SMILES string of the molecule is CNC(=O)Cc1ccccc1C=O. The van der Waals surface area contributed by atoms with E-state index in [1.54, 1.807) is 25.2 Å². The molecule has 0 bridgehead atoms. The number of carbonyl (C=O) groups excluding carboxylic acids is 2. The number of rotatable bonds is 3. The summed E-state index contributed by atoms with van der Waals surface area (Å²) >= 11 is 0. The fourth-order valence-electron chi connectivity index (χ4n) is 1.07. The van der Waals surface area contributed by atoms with E-state index in [9.17, 15) is 9.59 Å². The van der Waals surface area contributed by atoms with Crippen molar-refractivity contribution in [1.29, 1.82) is 0 Å². The Balaban J connectivity index is 2.87. The lowest BCUT2D eigenvalue weighted by Crippen LogP contribution is -2.20. The molecule has 1 amide bonds. The number of likely N-dealkylation sites (N-methyl/N-ethyl adjacent to an activating group) is 1. The van der Waals surface area contributed by atoms with Gasteiger partial charge in [-0.25, -0.2) is 0 Å². The molecule has 13 heavy (non-hydrogen) atoms. The van der Waals surface area contributed by atoms with E-state index in [4.69, 9.17) is 0 Å². The molecule has 1 rings (SSSR count). The summed E-state index contributed by atoms with van der Waals surface area (Å²) in [4.78, 5) is 21.6. The number of aldehydes is 1. The highest BCUT2D eigenvalue weighted by Crippen LogP contribution is 2.06. The van der Waals surface area contributed by atoms with Crippen LogP contribution in [0.15, 0.2) is 24.3 Å².